The van der Waals surface area contributed by atoms with E-state index in [4.69, 9.17) is 16.3 Å². The number of aromatic nitrogens is 2. The van der Waals surface area contributed by atoms with Gasteiger partial charge in [-0.05, 0) is 18.2 Å². The van der Waals surface area contributed by atoms with Gasteiger partial charge in [0.15, 0.2) is 6.29 Å². The minimum atomic E-state index is 0.336. The first-order valence-corrected chi connectivity index (χ1v) is 5.23. The van der Waals surface area contributed by atoms with E-state index in [9.17, 15) is 4.79 Å². The number of hydrogen-bond acceptors (Lipinski definition) is 4. The van der Waals surface area contributed by atoms with Crippen LogP contribution in [0.5, 0.6) is 5.75 Å². The summed E-state index contributed by atoms with van der Waals surface area (Å²) in [5.41, 5.74) is 1.80. The zero-order chi connectivity index (χ0) is 12.3. The lowest BCUT2D eigenvalue weighted by Gasteiger charge is -2.06. The average Bonchev–Trinajstić information content (AvgIpc) is 2.38. The van der Waals surface area contributed by atoms with Gasteiger partial charge in [0.25, 0.3) is 0 Å². The predicted molar refractivity (Wildman–Crippen MR) is 64.4 cm³/mol. The summed E-state index contributed by atoms with van der Waals surface area (Å²) in [5, 5.41) is 0.336. The van der Waals surface area contributed by atoms with Crippen LogP contribution in [0.3, 0.4) is 0 Å². The zero-order valence-electron chi connectivity index (χ0n) is 9.05. The molecule has 0 N–H and O–H groups in total. The lowest BCUT2D eigenvalue weighted by molar-refractivity contribution is 0.112. The summed E-state index contributed by atoms with van der Waals surface area (Å²) in [6, 6.07) is 6.79. The number of aldehydes is 1. The third-order valence-electron chi connectivity index (χ3n) is 2.30. The highest BCUT2D eigenvalue weighted by molar-refractivity contribution is 6.29. The molecule has 1 aromatic carbocycles. The summed E-state index contributed by atoms with van der Waals surface area (Å²) in [4.78, 5) is 18.9. The molecule has 0 bridgehead atoms. The first kappa shape index (κ1) is 11.5. The Kier molecular flexibility index (Phi) is 3.35. The van der Waals surface area contributed by atoms with Crippen LogP contribution in [0, 0.1) is 0 Å². The van der Waals surface area contributed by atoms with E-state index in [1.165, 1.54) is 6.33 Å². The Morgan fingerprint density at radius 2 is 2.12 bits per heavy atom. The Balaban J connectivity index is 2.55. The van der Waals surface area contributed by atoms with Crippen molar-refractivity contribution < 1.29 is 9.53 Å². The highest BCUT2D eigenvalue weighted by Gasteiger charge is 2.08. The monoisotopic (exact) mass is 248 g/mol. The van der Waals surface area contributed by atoms with Gasteiger partial charge in [0, 0.05) is 17.2 Å². The number of carbonyl (C=O) groups excluding carboxylic acids is 1. The van der Waals surface area contributed by atoms with Crippen LogP contribution in [0.15, 0.2) is 30.6 Å². The van der Waals surface area contributed by atoms with Crippen molar-refractivity contribution >= 4 is 17.9 Å². The molecule has 0 aliphatic carbocycles. The molecule has 0 aliphatic heterocycles. The van der Waals surface area contributed by atoms with E-state index in [2.05, 4.69) is 9.97 Å². The van der Waals surface area contributed by atoms with Crippen LogP contribution < -0.4 is 4.74 Å². The maximum atomic E-state index is 11.0. The molecule has 5 heteroatoms. The molecular formula is C12H9ClN2O2. The fourth-order valence-corrected chi connectivity index (χ4v) is 1.63. The van der Waals surface area contributed by atoms with E-state index in [0.29, 0.717) is 27.7 Å². The largest absolute Gasteiger partial charge is 0.497 e. The van der Waals surface area contributed by atoms with Crippen LogP contribution in [0.2, 0.25) is 5.15 Å². The SMILES string of the molecule is COc1ccc(-c2cc(Cl)ncn2)c(C=O)c1. The van der Waals surface area contributed by atoms with Crippen molar-refractivity contribution in [2.75, 3.05) is 7.11 Å². The lowest BCUT2D eigenvalue weighted by atomic mass is 10.1. The van der Waals surface area contributed by atoms with Gasteiger partial charge >= 0.3 is 0 Å². The molecule has 86 valence electrons. The van der Waals surface area contributed by atoms with E-state index in [0.717, 1.165) is 6.29 Å². The van der Waals surface area contributed by atoms with E-state index in [1.807, 2.05) is 0 Å². The van der Waals surface area contributed by atoms with Crippen molar-refractivity contribution in [2.45, 2.75) is 0 Å². The van der Waals surface area contributed by atoms with Crippen LogP contribution in [0.1, 0.15) is 10.4 Å². The molecule has 0 aliphatic rings. The third kappa shape index (κ3) is 2.42. The molecule has 17 heavy (non-hydrogen) atoms. The third-order valence-corrected chi connectivity index (χ3v) is 2.50. The Labute approximate surface area is 103 Å². The number of nitrogens with zero attached hydrogens (tertiary/aromatic N) is 2. The number of rotatable bonds is 3. The van der Waals surface area contributed by atoms with E-state index in [1.54, 1.807) is 31.4 Å². The second-order valence-electron chi connectivity index (χ2n) is 3.30. The van der Waals surface area contributed by atoms with Gasteiger partial charge in [-0.15, -0.1) is 0 Å². The molecule has 0 fully saturated rings. The molecule has 0 spiro atoms. The Hall–Kier alpha value is -1.94. The maximum Gasteiger partial charge on any atom is 0.150 e. The quantitative estimate of drug-likeness (QED) is 0.619. The summed E-state index contributed by atoms with van der Waals surface area (Å²) in [5.74, 6) is 0.621. The van der Waals surface area contributed by atoms with Crippen LogP contribution in [-0.2, 0) is 0 Å². The second-order valence-corrected chi connectivity index (χ2v) is 3.68. The van der Waals surface area contributed by atoms with Gasteiger partial charge < -0.3 is 4.74 Å². The summed E-state index contributed by atoms with van der Waals surface area (Å²) in [6.45, 7) is 0. The summed E-state index contributed by atoms with van der Waals surface area (Å²) >= 11 is 5.78. The highest BCUT2D eigenvalue weighted by Crippen LogP contribution is 2.25. The number of methoxy groups -OCH3 is 1. The van der Waals surface area contributed by atoms with Crippen molar-refractivity contribution in [3.8, 4) is 17.0 Å². The van der Waals surface area contributed by atoms with Crippen molar-refractivity contribution in [1.82, 2.24) is 9.97 Å². The fourth-order valence-electron chi connectivity index (χ4n) is 1.48. The number of carbonyl (C=O) groups is 1. The topological polar surface area (TPSA) is 52.1 Å². The Bertz CT molecular complexity index is 558. The maximum absolute atomic E-state index is 11.0. The molecule has 1 aromatic heterocycles. The van der Waals surface area contributed by atoms with Crippen LogP contribution in [0.4, 0.5) is 0 Å². The normalized spacial score (nSPS) is 10.0. The Morgan fingerprint density at radius 3 is 2.76 bits per heavy atom. The van der Waals surface area contributed by atoms with E-state index in [-0.39, 0.29) is 0 Å². The van der Waals surface area contributed by atoms with Crippen LogP contribution in [-0.4, -0.2) is 23.4 Å². The van der Waals surface area contributed by atoms with Gasteiger partial charge in [0.05, 0.1) is 12.8 Å². The molecule has 0 atom stereocenters. The molecule has 1 heterocycles. The zero-order valence-corrected chi connectivity index (χ0v) is 9.81. The smallest absolute Gasteiger partial charge is 0.150 e. The number of benzene rings is 1. The summed E-state index contributed by atoms with van der Waals surface area (Å²) in [6.07, 6.45) is 2.12. The second kappa shape index (κ2) is 4.93. The minimum Gasteiger partial charge on any atom is -0.497 e. The van der Waals surface area contributed by atoms with Crippen LogP contribution >= 0.6 is 11.6 Å². The minimum absolute atomic E-state index is 0.336. The van der Waals surface area contributed by atoms with E-state index < -0.39 is 0 Å². The van der Waals surface area contributed by atoms with Crippen molar-refractivity contribution in [3.63, 3.8) is 0 Å². The van der Waals surface area contributed by atoms with Gasteiger partial charge in [0.2, 0.25) is 0 Å². The van der Waals surface area contributed by atoms with Crippen LogP contribution in [0.25, 0.3) is 11.3 Å². The first-order valence-electron chi connectivity index (χ1n) is 4.85. The number of hydrogen-bond donors (Lipinski definition) is 0. The molecule has 0 unspecified atom stereocenters. The van der Waals surface area contributed by atoms with Crippen molar-refractivity contribution in [1.29, 1.82) is 0 Å². The molecule has 2 rings (SSSR count). The number of ether oxygens (including phenoxy) is 1. The predicted octanol–water partition coefficient (Wildman–Crippen LogP) is 2.62. The fraction of sp³-hybridized carbons (Fsp3) is 0.0833. The molecule has 0 radical (unpaired) electrons. The standard InChI is InChI=1S/C12H9ClN2O2/c1-17-9-2-3-10(8(4-9)6-16)11-5-12(13)15-7-14-11/h2-7H,1H3. The van der Waals surface area contributed by atoms with Gasteiger partial charge in [-0.1, -0.05) is 11.6 Å². The van der Waals surface area contributed by atoms with Gasteiger partial charge in [-0.3, -0.25) is 4.79 Å². The molecule has 2 aromatic rings. The molecule has 4 nitrogen and oxygen atoms in total. The summed E-state index contributed by atoms with van der Waals surface area (Å²) < 4.78 is 5.05. The highest BCUT2D eigenvalue weighted by atomic mass is 35.5. The van der Waals surface area contributed by atoms with E-state index >= 15 is 0 Å². The van der Waals surface area contributed by atoms with Crippen molar-refractivity contribution in [2.24, 2.45) is 0 Å². The first-order chi connectivity index (χ1) is 8.24. The molecule has 0 saturated carbocycles. The molecule has 0 saturated heterocycles. The summed E-state index contributed by atoms with van der Waals surface area (Å²) in [7, 11) is 1.55. The molecular weight excluding hydrogens is 240 g/mol. The lowest BCUT2D eigenvalue weighted by Crippen LogP contribution is -1.93. The van der Waals surface area contributed by atoms with Crippen molar-refractivity contribution in [3.05, 3.63) is 41.3 Å². The van der Waals surface area contributed by atoms with Gasteiger partial charge in [-0.2, -0.15) is 0 Å². The van der Waals surface area contributed by atoms with Gasteiger partial charge in [0.1, 0.15) is 17.2 Å². The average molecular weight is 249 g/mol. The number of halogens is 1. The molecule has 0 amide bonds. The van der Waals surface area contributed by atoms with Gasteiger partial charge in [-0.25, -0.2) is 9.97 Å². The Morgan fingerprint density at radius 1 is 1.29 bits per heavy atom.